The van der Waals surface area contributed by atoms with Crippen molar-refractivity contribution in [1.82, 2.24) is 0 Å². The lowest BCUT2D eigenvalue weighted by molar-refractivity contribution is 0.270. The van der Waals surface area contributed by atoms with Crippen molar-refractivity contribution in [2.45, 2.75) is 0 Å². The molecule has 62 valence electrons. The molecule has 0 fully saturated rings. The number of hydrogen-bond acceptors (Lipinski definition) is 3. The minimum absolute atomic E-state index is 0.410. The van der Waals surface area contributed by atoms with Gasteiger partial charge in [-0.15, -0.1) is 0 Å². The van der Waals surface area contributed by atoms with Crippen LogP contribution in [0.15, 0.2) is 23.2 Å². The number of fused-ring (bicyclic) bond motifs is 1. The Morgan fingerprint density at radius 1 is 1.50 bits per heavy atom. The second-order valence-electron chi connectivity index (χ2n) is 2.53. The molecule has 3 nitrogen and oxygen atoms in total. The first-order chi connectivity index (χ1) is 5.77. The minimum atomic E-state index is 0.410. The van der Waals surface area contributed by atoms with Crippen molar-refractivity contribution in [3.63, 3.8) is 0 Å². The van der Waals surface area contributed by atoms with E-state index in [1.807, 2.05) is 0 Å². The molecule has 1 heterocycles. The number of anilines is 1. The molecule has 1 N–H and O–H groups in total. The number of nitrogens with zero attached hydrogens (tertiary/aromatic N) is 2. The number of aliphatic imine (C=N–C) groups is 1. The van der Waals surface area contributed by atoms with Crippen LogP contribution >= 0.6 is 11.6 Å². The summed E-state index contributed by atoms with van der Waals surface area (Å²) < 4.78 is 0. The van der Waals surface area contributed by atoms with Crippen LogP contribution in [0.2, 0.25) is 5.02 Å². The molecule has 0 unspecified atom stereocenters. The summed E-state index contributed by atoms with van der Waals surface area (Å²) in [5.74, 6) is 0. The third kappa shape index (κ3) is 1.17. The maximum atomic E-state index is 9.37. The van der Waals surface area contributed by atoms with Gasteiger partial charge in [-0.2, -0.15) is 0 Å². The van der Waals surface area contributed by atoms with E-state index in [1.165, 1.54) is 0 Å². The normalized spacial score (nSPS) is 14.7. The molecule has 2 rings (SSSR count). The SMILES string of the molecule is ON1CC=Nc2ccc(Cl)cc21. The van der Waals surface area contributed by atoms with Crippen molar-refractivity contribution < 1.29 is 5.21 Å². The van der Waals surface area contributed by atoms with Crippen LogP contribution in [0.1, 0.15) is 0 Å². The smallest absolute Gasteiger partial charge is 0.0909 e. The van der Waals surface area contributed by atoms with Crippen LogP contribution in [0.5, 0.6) is 0 Å². The first-order valence-electron chi connectivity index (χ1n) is 3.56. The fraction of sp³-hybridized carbons (Fsp3) is 0.125. The van der Waals surface area contributed by atoms with Gasteiger partial charge in [-0.3, -0.25) is 10.2 Å². The van der Waals surface area contributed by atoms with Crippen LogP contribution < -0.4 is 5.06 Å². The zero-order valence-corrected chi connectivity index (χ0v) is 6.99. The topological polar surface area (TPSA) is 35.8 Å². The standard InChI is InChI=1S/C8H7ClN2O/c9-6-1-2-7-8(5-6)11(12)4-3-10-7/h1-3,5,12H,4H2. The predicted molar refractivity (Wildman–Crippen MR) is 48.7 cm³/mol. The molecule has 0 aromatic heterocycles. The maximum Gasteiger partial charge on any atom is 0.0909 e. The van der Waals surface area contributed by atoms with Crippen LogP contribution in [0, 0.1) is 0 Å². The summed E-state index contributed by atoms with van der Waals surface area (Å²) in [7, 11) is 0. The third-order valence-corrected chi connectivity index (χ3v) is 1.94. The van der Waals surface area contributed by atoms with Gasteiger partial charge in [-0.25, -0.2) is 5.06 Å². The summed E-state index contributed by atoms with van der Waals surface area (Å²) >= 11 is 5.75. The molecule has 1 aromatic rings. The summed E-state index contributed by atoms with van der Waals surface area (Å²) in [6.45, 7) is 0.410. The number of hydrogen-bond donors (Lipinski definition) is 1. The molecule has 1 aromatic carbocycles. The van der Waals surface area contributed by atoms with Gasteiger partial charge in [-0.1, -0.05) is 11.6 Å². The molecule has 0 saturated heterocycles. The zero-order valence-electron chi connectivity index (χ0n) is 6.24. The summed E-state index contributed by atoms with van der Waals surface area (Å²) in [5, 5.41) is 11.1. The van der Waals surface area contributed by atoms with Gasteiger partial charge < -0.3 is 0 Å². The second kappa shape index (κ2) is 2.77. The highest BCUT2D eigenvalue weighted by Crippen LogP contribution is 2.32. The molecular formula is C8H7ClN2O. The first-order valence-corrected chi connectivity index (χ1v) is 3.93. The largest absolute Gasteiger partial charge is 0.288 e. The number of benzene rings is 1. The second-order valence-corrected chi connectivity index (χ2v) is 2.96. The van der Waals surface area contributed by atoms with Crippen molar-refractivity contribution in [3.05, 3.63) is 23.2 Å². The Hall–Kier alpha value is -1.06. The molecule has 1 aliphatic heterocycles. The molecule has 0 spiro atoms. The van der Waals surface area contributed by atoms with Gasteiger partial charge in [0, 0.05) is 11.2 Å². The molecule has 0 atom stereocenters. The Labute approximate surface area is 74.9 Å². The zero-order chi connectivity index (χ0) is 8.55. The molecule has 4 heteroatoms. The van der Waals surface area contributed by atoms with Gasteiger partial charge in [0.2, 0.25) is 0 Å². The van der Waals surface area contributed by atoms with Gasteiger partial charge in [0.1, 0.15) is 0 Å². The lowest BCUT2D eigenvalue weighted by atomic mass is 10.2. The minimum Gasteiger partial charge on any atom is -0.288 e. The maximum absolute atomic E-state index is 9.37. The molecule has 12 heavy (non-hydrogen) atoms. The lowest BCUT2D eigenvalue weighted by Gasteiger charge is -2.20. The highest BCUT2D eigenvalue weighted by atomic mass is 35.5. The Morgan fingerprint density at radius 3 is 3.17 bits per heavy atom. The number of rotatable bonds is 0. The van der Waals surface area contributed by atoms with E-state index in [9.17, 15) is 5.21 Å². The van der Waals surface area contributed by atoms with Crippen LogP contribution in [0.25, 0.3) is 0 Å². The lowest BCUT2D eigenvalue weighted by Crippen LogP contribution is -2.22. The van der Waals surface area contributed by atoms with Crippen molar-refractivity contribution in [2.75, 3.05) is 11.6 Å². The van der Waals surface area contributed by atoms with E-state index in [-0.39, 0.29) is 0 Å². The Balaban J connectivity index is 2.56. The summed E-state index contributed by atoms with van der Waals surface area (Å²) in [6.07, 6.45) is 1.65. The van der Waals surface area contributed by atoms with Gasteiger partial charge in [0.15, 0.2) is 0 Å². The average molecular weight is 183 g/mol. The Morgan fingerprint density at radius 2 is 2.33 bits per heavy atom. The molecule has 0 amide bonds. The van der Waals surface area contributed by atoms with E-state index in [2.05, 4.69) is 4.99 Å². The Kier molecular flexibility index (Phi) is 1.75. The van der Waals surface area contributed by atoms with Gasteiger partial charge in [-0.05, 0) is 18.2 Å². The molecular weight excluding hydrogens is 176 g/mol. The van der Waals surface area contributed by atoms with E-state index in [1.54, 1.807) is 24.4 Å². The van der Waals surface area contributed by atoms with Crippen LogP contribution in [-0.2, 0) is 0 Å². The summed E-state index contributed by atoms with van der Waals surface area (Å²) in [6, 6.07) is 5.21. The van der Waals surface area contributed by atoms with Crippen LogP contribution in [0.3, 0.4) is 0 Å². The Bertz CT molecular complexity index is 338. The molecule has 0 saturated carbocycles. The number of halogens is 1. The molecule has 1 aliphatic rings. The van der Waals surface area contributed by atoms with Gasteiger partial charge in [0.25, 0.3) is 0 Å². The van der Waals surface area contributed by atoms with E-state index in [0.29, 0.717) is 17.3 Å². The van der Waals surface area contributed by atoms with E-state index < -0.39 is 0 Å². The van der Waals surface area contributed by atoms with Crippen molar-refractivity contribution >= 4 is 29.2 Å². The van der Waals surface area contributed by atoms with Crippen molar-refractivity contribution in [3.8, 4) is 0 Å². The molecule has 0 radical (unpaired) electrons. The van der Waals surface area contributed by atoms with Gasteiger partial charge in [0.05, 0.1) is 17.9 Å². The highest BCUT2D eigenvalue weighted by molar-refractivity contribution is 6.31. The van der Waals surface area contributed by atoms with Crippen LogP contribution in [0.4, 0.5) is 11.4 Å². The summed E-state index contributed by atoms with van der Waals surface area (Å²) in [4.78, 5) is 4.10. The third-order valence-electron chi connectivity index (χ3n) is 1.70. The van der Waals surface area contributed by atoms with Crippen LogP contribution in [-0.4, -0.2) is 18.0 Å². The quantitative estimate of drug-likeness (QED) is 0.668. The van der Waals surface area contributed by atoms with E-state index >= 15 is 0 Å². The fourth-order valence-corrected chi connectivity index (χ4v) is 1.29. The van der Waals surface area contributed by atoms with E-state index in [4.69, 9.17) is 11.6 Å². The van der Waals surface area contributed by atoms with Crippen molar-refractivity contribution in [1.29, 1.82) is 0 Å². The predicted octanol–water partition coefficient (Wildman–Crippen LogP) is 2.25. The van der Waals surface area contributed by atoms with Crippen molar-refractivity contribution in [2.24, 2.45) is 4.99 Å². The summed E-state index contributed by atoms with van der Waals surface area (Å²) in [5.41, 5.74) is 1.40. The van der Waals surface area contributed by atoms with Gasteiger partial charge >= 0.3 is 0 Å². The van der Waals surface area contributed by atoms with E-state index in [0.717, 1.165) is 10.8 Å². The number of hydroxylamine groups is 1. The average Bonchev–Trinajstić information content (AvgIpc) is 2.07. The first kappa shape index (κ1) is 7.58. The monoisotopic (exact) mass is 182 g/mol. The highest BCUT2D eigenvalue weighted by Gasteiger charge is 2.11. The fourth-order valence-electron chi connectivity index (χ4n) is 1.13. The molecule has 0 aliphatic carbocycles. The molecule has 0 bridgehead atoms.